The Balaban J connectivity index is 1.35. The summed E-state index contributed by atoms with van der Waals surface area (Å²) in [7, 11) is 0. The minimum atomic E-state index is 0.331. The summed E-state index contributed by atoms with van der Waals surface area (Å²) < 4.78 is 10.8. The average Bonchev–Trinajstić information content (AvgIpc) is 3.52. The molecule has 2 rings (SSSR count). The fraction of sp³-hybridized carbons (Fsp3) is 0.680. The van der Waals surface area contributed by atoms with E-state index in [0.29, 0.717) is 12.7 Å². The summed E-state index contributed by atoms with van der Waals surface area (Å²) in [5.74, 6) is 0.964. The van der Waals surface area contributed by atoms with Gasteiger partial charge in [-0.3, -0.25) is 0 Å². The minimum absolute atomic E-state index is 0.331. The van der Waals surface area contributed by atoms with Crippen LogP contribution in [0.2, 0.25) is 0 Å². The van der Waals surface area contributed by atoms with Crippen molar-refractivity contribution < 1.29 is 9.47 Å². The number of hydrogen-bond acceptors (Lipinski definition) is 2. The number of ether oxygens (including phenoxy) is 2. The van der Waals surface area contributed by atoms with E-state index in [1.54, 1.807) is 0 Å². The van der Waals surface area contributed by atoms with Crippen molar-refractivity contribution in [1.29, 1.82) is 0 Å². The number of hydrogen-bond donors (Lipinski definition) is 0. The van der Waals surface area contributed by atoms with Crippen LogP contribution in [-0.2, 0) is 11.2 Å². The fourth-order valence-corrected chi connectivity index (χ4v) is 3.32. The summed E-state index contributed by atoms with van der Waals surface area (Å²) in [4.78, 5) is 0. The Kier molecular flexibility index (Phi) is 12.0. The Morgan fingerprint density at radius 2 is 1.44 bits per heavy atom. The molecule has 0 amide bonds. The number of aryl methyl sites for hydroxylation is 1. The normalized spacial score (nSPS) is 16.1. The van der Waals surface area contributed by atoms with Gasteiger partial charge < -0.3 is 9.47 Å². The topological polar surface area (TPSA) is 21.8 Å². The van der Waals surface area contributed by atoms with Gasteiger partial charge in [0, 0.05) is 0 Å². The molecule has 27 heavy (non-hydrogen) atoms. The lowest BCUT2D eigenvalue weighted by Gasteiger charge is -2.06. The summed E-state index contributed by atoms with van der Waals surface area (Å²) >= 11 is 0. The van der Waals surface area contributed by atoms with Crippen LogP contribution in [0.25, 0.3) is 0 Å². The summed E-state index contributed by atoms with van der Waals surface area (Å²) in [5, 5.41) is 0. The molecule has 0 aromatic heterocycles. The predicted molar refractivity (Wildman–Crippen MR) is 116 cm³/mol. The van der Waals surface area contributed by atoms with Gasteiger partial charge in [0.25, 0.3) is 0 Å². The van der Waals surface area contributed by atoms with E-state index in [1.807, 2.05) is 0 Å². The first kappa shape index (κ1) is 22.0. The van der Waals surface area contributed by atoms with Crippen LogP contribution < -0.4 is 4.74 Å². The number of unbranched alkanes of at least 4 members (excludes halogenated alkanes) is 10. The summed E-state index contributed by atoms with van der Waals surface area (Å²) in [6.07, 6.45) is 22.5. The molecule has 1 unspecified atom stereocenters. The zero-order valence-electron chi connectivity index (χ0n) is 17.5. The zero-order valence-corrected chi connectivity index (χ0v) is 17.5. The van der Waals surface area contributed by atoms with Gasteiger partial charge >= 0.3 is 0 Å². The highest BCUT2D eigenvalue weighted by Gasteiger charge is 2.22. The molecule has 1 saturated heterocycles. The van der Waals surface area contributed by atoms with Crippen LogP contribution in [-0.4, -0.2) is 19.3 Å². The first-order valence-electron chi connectivity index (χ1n) is 11.4. The predicted octanol–water partition coefficient (Wildman–Crippen LogP) is 7.26. The highest BCUT2D eigenvalue weighted by Crippen LogP contribution is 2.17. The summed E-state index contributed by atoms with van der Waals surface area (Å²) in [5.41, 5.74) is 1.43. The lowest BCUT2D eigenvalue weighted by atomic mass is 10.0. The van der Waals surface area contributed by atoms with Gasteiger partial charge in [-0.2, -0.15) is 0 Å². The highest BCUT2D eigenvalue weighted by molar-refractivity contribution is 5.27. The SMILES string of the molecule is CCCC/C=C/CCCCCCCCCCc1ccc(OCC2CO2)cc1. The molecule has 1 aliphatic rings. The van der Waals surface area contributed by atoms with Crippen LogP contribution >= 0.6 is 0 Å². The molecule has 1 fully saturated rings. The molecule has 152 valence electrons. The van der Waals surface area contributed by atoms with E-state index in [2.05, 4.69) is 43.3 Å². The average molecular weight is 373 g/mol. The Morgan fingerprint density at radius 1 is 0.852 bits per heavy atom. The maximum absolute atomic E-state index is 5.68. The van der Waals surface area contributed by atoms with Crippen LogP contribution in [0.5, 0.6) is 5.75 Å². The van der Waals surface area contributed by atoms with Crippen molar-refractivity contribution in [3.05, 3.63) is 42.0 Å². The van der Waals surface area contributed by atoms with Gasteiger partial charge in [-0.1, -0.05) is 82.6 Å². The summed E-state index contributed by atoms with van der Waals surface area (Å²) in [6.45, 7) is 3.80. The lowest BCUT2D eigenvalue weighted by molar-refractivity contribution is 0.263. The van der Waals surface area contributed by atoms with E-state index >= 15 is 0 Å². The molecule has 0 spiro atoms. The maximum atomic E-state index is 5.68. The van der Waals surface area contributed by atoms with E-state index < -0.39 is 0 Å². The van der Waals surface area contributed by atoms with Gasteiger partial charge in [0.05, 0.1) is 6.61 Å². The Hall–Kier alpha value is -1.28. The number of allylic oxidation sites excluding steroid dienone is 2. The molecule has 1 heterocycles. The molecule has 0 saturated carbocycles. The fourth-order valence-electron chi connectivity index (χ4n) is 3.32. The van der Waals surface area contributed by atoms with E-state index in [4.69, 9.17) is 9.47 Å². The van der Waals surface area contributed by atoms with Crippen LogP contribution in [0, 0.1) is 0 Å². The zero-order chi connectivity index (χ0) is 19.0. The molecule has 0 radical (unpaired) electrons. The standard InChI is InChI=1S/C25H40O2/c1-2-3-4-5-6-7-8-9-10-11-12-13-14-15-16-23-17-19-24(20-18-23)26-21-25-22-27-25/h5-6,17-20,25H,2-4,7-16,21-22H2,1H3/b6-5+. The van der Waals surface area contributed by atoms with Crippen molar-refractivity contribution in [2.45, 2.75) is 96.5 Å². The second-order valence-corrected chi connectivity index (χ2v) is 7.89. The van der Waals surface area contributed by atoms with Gasteiger partial charge in [-0.15, -0.1) is 0 Å². The van der Waals surface area contributed by atoms with Crippen molar-refractivity contribution in [1.82, 2.24) is 0 Å². The van der Waals surface area contributed by atoms with E-state index in [1.165, 1.54) is 89.0 Å². The van der Waals surface area contributed by atoms with Crippen LogP contribution in [0.1, 0.15) is 89.5 Å². The van der Waals surface area contributed by atoms with Gasteiger partial charge in [-0.05, 0) is 49.8 Å². The number of benzene rings is 1. The quantitative estimate of drug-likeness (QED) is 0.163. The summed E-state index contributed by atoms with van der Waals surface area (Å²) in [6, 6.07) is 8.60. The van der Waals surface area contributed by atoms with Gasteiger partial charge in [0.1, 0.15) is 18.5 Å². The van der Waals surface area contributed by atoms with Crippen molar-refractivity contribution >= 4 is 0 Å². The molecule has 1 aromatic rings. The molecule has 0 N–H and O–H groups in total. The molecule has 1 aromatic carbocycles. The molecular formula is C25H40O2. The van der Waals surface area contributed by atoms with E-state index in [9.17, 15) is 0 Å². The second kappa shape index (κ2) is 14.7. The number of epoxide rings is 1. The van der Waals surface area contributed by atoms with Crippen LogP contribution in [0.15, 0.2) is 36.4 Å². The van der Waals surface area contributed by atoms with Crippen molar-refractivity contribution in [2.75, 3.05) is 13.2 Å². The van der Waals surface area contributed by atoms with Crippen LogP contribution in [0.4, 0.5) is 0 Å². The van der Waals surface area contributed by atoms with Gasteiger partial charge in [-0.25, -0.2) is 0 Å². The van der Waals surface area contributed by atoms with Crippen LogP contribution in [0.3, 0.4) is 0 Å². The third-order valence-corrected chi connectivity index (χ3v) is 5.24. The molecular weight excluding hydrogens is 332 g/mol. The first-order valence-corrected chi connectivity index (χ1v) is 11.4. The van der Waals surface area contributed by atoms with Gasteiger partial charge in [0.2, 0.25) is 0 Å². The highest BCUT2D eigenvalue weighted by atomic mass is 16.6. The van der Waals surface area contributed by atoms with Gasteiger partial charge in [0.15, 0.2) is 0 Å². The lowest BCUT2D eigenvalue weighted by Crippen LogP contribution is -2.03. The monoisotopic (exact) mass is 372 g/mol. The van der Waals surface area contributed by atoms with Crippen molar-refractivity contribution in [3.63, 3.8) is 0 Å². The van der Waals surface area contributed by atoms with E-state index in [-0.39, 0.29) is 0 Å². The van der Waals surface area contributed by atoms with Crippen molar-refractivity contribution in [3.8, 4) is 5.75 Å². The Labute approximate surface area is 167 Å². The molecule has 0 bridgehead atoms. The maximum Gasteiger partial charge on any atom is 0.119 e. The first-order chi connectivity index (χ1) is 13.4. The van der Waals surface area contributed by atoms with Crippen molar-refractivity contribution in [2.24, 2.45) is 0 Å². The molecule has 1 aliphatic heterocycles. The Morgan fingerprint density at radius 3 is 2.07 bits per heavy atom. The van der Waals surface area contributed by atoms with E-state index in [0.717, 1.165) is 12.4 Å². The molecule has 2 heteroatoms. The molecule has 0 aliphatic carbocycles. The minimum Gasteiger partial charge on any atom is -0.491 e. The largest absolute Gasteiger partial charge is 0.491 e. The second-order valence-electron chi connectivity index (χ2n) is 7.89. The Bertz CT molecular complexity index is 488. The smallest absolute Gasteiger partial charge is 0.119 e. The molecule has 1 atom stereocenters. The number of rotatable bonds is 17. The molecule has 2 nitrogen and oxygen atoms in total. The third-order valence-electron chi connectivity index (χ3n) is 5.24. The third kappa shape index (κ3) is 11.9.